The average molecular weight is 499 g/mol. The van der Waals surface area contributed by atoms with Crippen LogP contribution < -0.4 is 33.6 Å². The Hall–Kier alpha value is -3.42. The molecular weight excluding hydrogens is 460 g/mol. The minimum absolute atomic E-state index is 0.0978. The third-order valence-electron chi connectivity index (χ3n) is 5.71. The zero-order valence-corrected chi connectivity index (χ0v) is 20.2. The molecule has 1 rings (SSSR count). The molecule has 0 radical (unpaired) electrons. The van der Waals surface area contributed by atoms with E-state index in [9.17, 15) is 29.1 Å². The van der Waals surface area contributed by atoms with Gasteiger partial charge in [-0.2, -0.15) is 0 Å². The van der Waals surface area contributed by atoms with Crippen LogP contribution in [0.25, 0.3) is 0 Å². The lowest BCUT2D eigenvalue weighted by molar-refractivity contribution is -0.145. The number of primary amides is 1. The Morgan fingerprint density at radius 3 is 2.26 bits per heavy atom. The highest BCUT2D eigenvalue weighted by molar-refractivity contribution is 5.94. The van der Waals surface area contributed by atoms with Gasteiger partial charge in [-0.25, -0.2) is 4.79 Å². The van der Waals surface area contributed by atoms with E-state index in [-0.39, 0.29) is 44.2 Å². The van der Waals surface area contributed by atoms with Crippen LogP contribution in [0.4, 0.5) is 0 Å². The number of nitrogens with one attached hydrogen (secondary N) is 2. The lowest BCUT2D eigenvalue weighted by Gasteiger charge is -2.30. The van der Waals surface area contributed by atoms with Gasteiger partial charge < -0.3 is 43.6 Å². The molecular formula is C21H38N8O6. The molecule has 1 saturated heterocycles. The number of nitrogens with zero attached hydrogens (tertiary/aromatic N) is 2. The molecule has 0 saturated carbocycles. The third kappa shape index (κ3) is 9.76. The van der Waals surface area contributed by atoms with Gasteiger partial charge in [-0.3, -0.25) is 24.2 Å². The first-order valence-corrected chi connectivity index (χ1v) is 11.6. The fraction of sp³-hybridized carbons (Fsp3) is 0.714. The molecule has 4 atom stereocenters. The molecule has 0 bridgehead atoms. The Morgan fingerprint density at radius 2 is 1.71 bits per heavy atom. The number of hydrogen-bond acceptors (Lipinski definition) is 7. The standard InChI is InChI=1S/C21H38N8O6/c1-11(2)16(23)18(32)27-12(5-3-9-26-21(24)25)19(33)29-10-4-6-14(29)17(31)28-13(20(34)35)7-8-15(22)30/h11-14,16H,3-10,23H2,1-2H3,(H2,22,30)(H,27,32)(H,28,31)(H,34,35)(H4,24,25,26). The molecule has 14 heteroatoms. The minimum Gasteiger partial charge on any atom is -0.480 e. The highest BCUT2D eigenvalue weighted by Crippen LogP contribution is 2.20. The van der Waals surface area contributed by atoms with E-state index in [1.165, 1.54) is 4.90 Å². The van der Waals surface area contributed by atoms with E-state index >= 15 is 0 Å². The summed E-state index contributed by atoms with van der Waals surface area (Å²) in [5, 5.41) is 14.4. The lowest BCUT2D eigenvalue weighted by atomic mass is 10.0. The summed E-state index contributed by atoms with van der Waals surface area (Å²) in [6.45, 7) is 4.05. The number of likely N-dealkylation sites (tertiary alicyclic amines) is 1. The zero-order chi connectivity index (χ0) is 26.7. The molecule has 4 unspecified atom stereocenters. The molecule has 35 heavy (non-hydrogen) atoms. The summed E-state index contributed by atoms with van der Waals surface area (Å²) < 4.78 is 0. The van der Waals surface area contributed by atoms with Crippen molar-refractivity contribution in [3.8, 4) is 0 Å². The summed E-state index contributed by atoms with van der Waals surface area (Å²) in [7, 11) is 0. The van der Waals surface area contributed by atoms with Gasteiger partial charge in [0.25, 0.3) is 0 Å². The number of aliphatic imine (C=N–C) groups is 1. The van der Waals surface area contributed by atoms with Crippen molar-refractivity contribution in [2.24, 2.45) is 33.8 Å². The van der Waals surface area contributed by atoms with E-state index < -0.39 is 53.8 Å². The summed E-state index contributed by atoms with van der Waals surface area (Å²) in [5.41, 5.74) is 21.6. The minimum atomic E-state index is -1.33. The third-order valence-corrected chi connectivity index (χ3v) is 5.71. The van der Waals surface area contributed by atoms with Crippen molar-refractivity contribution in [2.45, 2.75) is 76.5 Å². The maximum Gasteiger partial charge on any atom is 0.326 e. The van der Waals surface area contributed by atoms with Crippen molar-refractivity contribution in [1.29, 1.82) is 0 Å². The van der Waals surface area contributed by atoms with Crippen LogP contribution in [0.5, 0.6) is 0 Å². The fourth-order valence-corrected chi connectivity index (χ4v) is 3.65. The second kappa shape index (κ2) is 14.1. The summed E-state index contributed by atoms with van der Waals surface area (Å²) in [6.07, 6.45) is 1.03. The van der Waals surface area contributed by atoms with E-state index in [4.69, 9.17) is 22.9 Å². The number of carbonyl (C=O) groups excluding carboxylic acids is 4. The molecule has 0 aliphatic carbocycles. The van der Waals surface area contributed by atoms with Crippen LogP contribution in [-0.2, 0) is 24.0 Å². The van der Waals surface area contributed by atoms with E-state index in [0.29, 0.717) is 19.3 Å². The Bertz CT molecular complexity index is 814. The van der Waals surface area contributed by atoms with Gasteiger partial charge in [-0.1, -0.05) is 13.8 Å². The first kappa shape index (κ1) is 29.6. The van der Waals surface area contributed by atoms with Gasteiger partial charge in [0.15, 0.2) is 5.96 Å². The van der Waals surface area contributed by atoms with Crippen LogP contribution in [0, 0.1) is 5.92 Å². The van der Waals surface area contributed by atoms with Crippen molar-refractivity contribution in [1.82, 2.24) is 15.5 Å². The van der Waals surface area contributed by atoms with Crippen LogP contribution in [0.15, 0.2) is 4.99 Å². The van der Waals surface area contributed by atoms with E-state index in [1.807, 2.05) is 0 Å². The smallest absolute Gasteiger partial charge is 0.326 e. The molecule has 0 spiro atoms. The second-order valence-electron chi connectivity index (χ2n) is 8.87. The monoisotopic (exact) mass is 498 g/mol. The van der Waals surface area contributed by atoms with Gasteiger partial charge in [0.1, 0.15) is 18.1 Å². The van der Waals surface area contributed by atoms with E-state index in [1.54, 1.807) is 13.8 Å². The molecule has 1 fully saturated rings. The van der Waals surface area contributed by atoms with Crippen molar-refractivity contribution >= 4 is 35.6 Å². The quantitative estimate of drug-likeness (QED) is 0.0748. The summed E-state index contributed by atoms with van der Waals surface area (Å²) in [5.74, 6) is -3.91. The molecule has 14 nitrogen and oxygen atoms in total. The Morgan fingerprint density at radius 1 is 1.06 bits per heavy atom. The highest BCUT2D eigenvalue weighted by Gasteiger charge is 2.39. The van der Waals surface area contributed by atoms with Crippen LogP contribution >= 0.6 is 0 Å². The van der Waals surface area contributed by atoms with Crippen molar-refractivity contribution in [2.75, 3.05) is 13.1 Å². The normalized spacial score (nSPS) is 17.8. The van der Waals surface area contributed by atoms with Gasteiger partial charge in [0.05, 0.1) is 6.04 Å². The summed E-state index contributed by atoms with van der Waals surface area (Å²) in [4.78, 5) is 66.5. The SMILES string of the molecule is CC(C)C(N)C(=O)NC(CCCN=C(N)N)C(=O)N1CCCC1C(=O)NC(CCC(N)=O)C(=O)O. The van der Waals surface area contributed by atoms with Crippen molar-refractivity contribution in [3.63, 3.8) is 0 Å². The van der Waals surface area contributed by atoms with Crippen LogP contribution in [0.2, 0.25) is 0 Å². The number of rotatable bonds is 14. The first-order chi connectivity index (χ1) is 16.3. The maximum absolute atomic E-state index is 13.4. The van der Waals surface area contributed by atoms with Gasteiger partial charge in [-0.15, -0.1) is 0 Å². The Kier molecular flexibility index (Phi) is 11.9. The maximum atomic E-state index is 13.4. The topological polar surface area (TPSA) is 249 Å². The lowest BCUT2D eigenvalue weighted by Crippen LogP contribution is -2.57. The van der Waals surface area contributed by atoms with Gasteiger partial charge >= 0.3 is 5.97 Å². The number of guanidine groups is 1. The molecule has 0 aromatic heterocycles. The van der Waals surface area contributed by atoms with E-state index in [2.05, 4.69) is 15.6 Å². The highest BCUT2D eigenvalue weighted by atomic mass is 16.4. The molecule has 198 valence electrons. The van der Waals surface area contributed by atoms with Gasteiger partial charge in [0, 0.05) is 19.5 Å². The summed E-state index contributed by atoms with van der Waals surface area (Å²) in [6, 6.07) is -4.05. The predicted molar refractivity (Wildman–Crippen MR) is 127 cm³/mol. The fourth-order valence-electron chi connectivity index (χ4n) is 3.65. The molecule has 1 aliphatic heterocycles. The van der Waals surface area contributed by atoms with Gasteiger partial charge in [-0.05, 0) is 38.0 Å². The van der Waals surface area contributed by atoms with Crippen molar-refractivity contribution in [3.05, 3.63) is 0 Å². The number of carboxylic acid groups (broad SMARTS) is 1. The second-order valence-corrected chi connectivity index (χ2v) is 8.87. The summed E-state index contributed by atoms with van der Waals surface area (Å²) >= 11 is 0. The number of hydrogen-bond donors (Lipinski definition) is 7. The predicted octanol–water partition coefficient (Wildman–Crippen LogP) is -2.67. The molecule has 0 aromatic carbocycles. The Balaban J connectivity index is 2.98. The number of amides is 4. The largest absolute Gasteiger partial charge is 0.480 e. The van der Waals surface area contributed by atoms with Crippen LogP contribution in [0.1, 0.15) is 52.4 Å². The van der Waals surface area contributed by atoms with Crippen molar-refractivity contribution < 1.29 is 29.1 Å². The Labute approximate surface area is 204 Å². The molecule has 0 aromatic rings. The average Bonchev–Trinajstić information content (AvgIpc) is 3.26. The molecule has 1 aliphatic rings. The number of nitrogens with two attached hydrogens (primary N) is 4. The zero-order valence-electron chi connectivity index (χ0n) is 20.2. The number of carboxylic acids is 1. The number of aliphatic carboxylic acids is 1. The first-order valence-electron chi connectivity index (χ1n) is 11.6. The van der Waals surface area contributed by atoms with Crippen LogP contribution in [0.3, 0.4) is 0 Å². The number of carbonyl (C=O) groups is 5. The molecule has 4 amide bonds. The molecule has 11 N–H and O–H groups in total. The van der Waals surface area contributed by atoms with Gasteiger partial charge in [0.2, 0.25) is 23.6 Å². The van der Waals surface area contributed by atoms with E-state index in [0.717, 1.165) is 0 Å². The van der Waals surface area contributed by atoms with Crippen LogP contribution in [-0.4, -0.2) is 82.8 Å². The molecule has 1 heterocycles.